The molecule has 0 bridgehead atoms. The van der Waals surface area contributed by atoms with Crippen LogP contribution in [0.5, 0.6) is 0 Å². The largest absolute Gasteiger partial charge is 0.380 e. The molecular formula is C15H18FN3. The highest BCUT2D eigenvalue weighted by molar-refractivity contribution is 5.91. The van der Waals surface area contributed by atoms with Crippen LogP contribution in [0.2, 0.25) is 0 Å². The first-order valence-corrected chi connectivity index (χ1v) is 6.74. The molecule has 0 spiro atoms. The fourth-order valence-corrected chi connectivity index (χ4v) is 2.75. The van der Waals surface area contributed by atoms with Crippen LogP contribution in [0.25, 0.3) is 10.9 Å². The van der Waals surface area contributed by atoms with E-state index >= 15 is 0 Å². The first-order valence-electron chi connectivity index (χ1n) is 6.74. The van der Waals surface area contributed by atoms with E-state index in [0.717, 1.165) is 30.6 Å². The molecule has 100 valence electrons. The molecule has 2 N–H and O–H groups in total. The molecule has 1 aliphatic heterocycles. The number of halogens is 1. The summed E-state index contributed by atoms with van der Waals surface area (Å²) in [6, 6.07) is 7.43. The SMILES string of the molecule is CC1CNCC(Nc2ccc(F)c3ncccc23)C1. The molecule has 0 aliphatic carbocycles. The van der Waals surface area contributed by atoms with Crippen LogP contribution in [0.1, 0.15) is 13.3 Å². The number of rotatable bonds is 2. The van der Waals surface area contributed by atoms with Crippen molar-refractivity contribution in [2.24, 2.45) is 5.92 Å². The maximum Gasteiger partial charge on any atom is 0.149 e. The topological polar surface area (TPSA) is 37.0 Å². The van der Waals surface area contributed by atoms with Crippen molar-refractivity contribution in [3.05, 3.63) is 36.3 Å². The van der Waals surface area contributed by atoms with Crippen LogP contribution >= 0.6 is 0 Å². The third-order valence-electron chi connectivity index (χ3n) is 3.65. The zero-order valence-electron chi connectivity index (χ0n) is 11.0. The quantitative estimate of drug-likeness (QED) is 0.870. The first-order chi connectivity index (χ1) is 9.24. The standard InChI is InChI=1S/C15H18FN3/c1-10-7-11(9-17-8-10)19-14-5-4-13(16)15-12(14)3-2-6-18-15/h2-6,10-11,17,19H,7-9H2,1H3. The number of benzene rings is 1. The van der Waals surface area contributed by atoms with Crippen LogP contribution < -0.4 is 10.6 Å². The number of nitrogens with zero attached hydrogens (tertiary/aromatic N) is 1. The molecule has 1 fully saturated rings. The number of pyridine rings is 1. The van der Waals surface area contributed by atoms with E-state index in [1.165, 1.54) is 6.07 Å². The van der Waals surface area contributed by atoms with Gasteiger partial charge in [-0.3, -0.25) is 4.98 Å². The molecule has 0 radical (unpaired) electrons. The lowest BCUT2D eigenvalue weighted by atomic mass is 9.97. The van der Waals surface area contributed by atoms with E-state index in [1.54, 1.807) is 12.3 Å². The second-order valence-electron chi connectivity index (χ2n) is 5.33. The highest BCUT2D eigenvalue weighted by Gasteiger charge is 2.19. The molecule has 1 aromatic carbocycles. The number of aromatic nitrogens is 1. The van der Waals surface area contributed by atoms with Gasteiger partial charge in [0.1, 0.15) is 11.3 Å². The van der Waals surface area contributed by atoms with E-state index < -0.39 is 0 Å². The number of hydrogen-bond acceptors (Lipinski definition) is 3. The van der Waals surface area contributed by atoms with Crippen molar-refractivity contribution >= 4 is 16.6 Å². The van der Waals surface area contributed by atoms with Crippen LogP contribution in [0.3, 0.4) is 0 Å². The third kappa shape index (κ3) is 2.54. The van der Waals surface area contributed by atoms with Gasteiger partial charge >= 0.3 is 0 Å². The van der Waals surface area contributed by atoms with Gasteiger partial charge in [0, 0.05) is 29.9 Å². The van der Waals surface area contributed by atoms with Gasteiger partial charge in [0.25, 0.3) is 0 Å². The Morgan fingerprint density at radius 2 is 2.21 bits per heavy atom. The molecule has 3 rings (SSSR count). The predicted molar refractivity (Wildman–Crippen MR) is 75.8 cm³/mol. The third-order valence-corrected chi connectivity index (χ3v) is 3.65. The lowest BCUT2D eigenvalue weighted by Gasteiger charge is -2.29. The van der Waals surface area contributed by atoms with Crippen molar-refractivity contribution in [3.8, 4) is 0 Å². The minimum atomic E-state index is -0.267. The molecule has 4 heteroatoms. The molecule has 2 atom stereocenters. The van der Waals surface area contributed by atoms with Gasteiger partial charge in [-0.25, -0.2) is 4.39 Å². The normalized spacial score (nSPS) is 23.5. The zero-order valence-corrected chi connectivity index (χ0v) is 11.0. The number of nitrogens with one attached hydrogen (secondary N) is 2. The minimum absolute atomic E-state index is 0.267. The number of piperidine rings is 1. The Morgan fingerprint density at radius 1 is 1.32 bits per heavy atom. The van der Waals surface area contributed by atoms with Gasteiger partial charge in [-0.05, 0) is 43.1 Å². The van der Waals surface area contributed by atoms with Gasteiger partial charge in [0.05, 0.1) is 0 Å². The van der Waals surface area contributed by atoms with Crippen molar-refractivity contribution in [1.29, 1.82) is 0 Å². The first kappa shape index (κ1) is 12.4. The van der Waals surface area contributed by atoms with E-state index in [2.05, 4.69) is 22.5 Å². The second kappa shape index (κ2) is 5.13. The molecule has 1 saturated heterocycles. The van der Waals surface area contributed by atoms with Gasteiger partial charge in [-0.1, -0.05) is 6.92 Å². The molecule has 1 aromatic heterocycles. The minimum Gasteiger partial charge on any atom is -0.380 e. The van der Waals surface area contributed by atoms with Crippen molar-refractivity contribution in [1.82, 2.24) is 10.3 Å². The number of fused-ring (bicyclic) bond motifs is 1. The van der Waals surface area contributed by atoms with Crippen molar-refractivity contribution in [2.45, 2.75) is 19.4 Å². The Labute approximate surface area is 112 Å². The molecule has 2 unspecified atom stereocenters. The number of hydrogen-bond donors (Lipinski definition) is 2. The Bertz CT molecular complexity index is 585. The summed E-state index contributed by atoms with van der Waals surface area (Å²) in [5.74, 6) is 0.396. The van der Waals surface area contributed by atoms with Crippen LogP contribution in [0, 0.1) is 11.7 Å². The summed E-state index contributed by atoms with van der Waals surface area (Å²) >= 11 is 0. The van der Waals surface area contributed by atoms with E-state index in [1.807, 2.05) is 12.1 Å². The summed E-state index contributed by atoms with van der Waals surface area (Å²) in [7, 11) is 0. The van der Waals surface area contributed by atoms with Gasteiger partial charge in [0.15, 0.2) is 0 Å². The summed E-state index contributed by atoms with van der Waals surface area (Å²) in [6.07, 6.45) is 2.76. The molecule has 1 aliphatic rings. The smallest absolute Gasteiger partial charge is 0.149 e. The lowest BCUT2D eigenvalue weighted by Crippen LogP contribution is -2.42. The Kier molecular flexibility index (Phi) is 3.34. The molecule has 0 saturated carbocycles. The van der Waals surface area contributed by atoms with Crippen LogP contribution in [-0.2, 0) is 0 Å². The summed E-state index contributed by atoms with van der Waals surface area (Å²) in [5.41, 5.74) is 1.40. The van der Waals surface area contributed by atoms with Gasteiger partial charge < -0.3 is 10.6 Å². The average molecular weight is 259 g/mol. The molecule has 19 heavy (non-hydrogen) atoms. The Morgan fingerprint density at radius 3 is 3.05 bits per heavy atom. The van der Waals surface area contributed by atoms with E-state index in [4.69, 9.17) is 0 Å². The van der Waals surface area contributed by atoms with Crippen molar-refractivity contribution in [3.63, 3.8) is 0 Å². The Hall–Kier alpha value is -1.68. The van der Waals surface area contributed by atoms with Gasteiger partial charge in [0.2, 0.25) is 0 Å². The van der Waals surface area contributed by atoms with E-state index in [0.29, 0.717) is 17.5 Å². The zero-order chi connectivity index (χ0) is 13.2. The number of anilines is 1. The van der Waals surface area contributed by atoms with Crippen LogP contribution in [0.4, 0.5) is 10.1 Å². The maximum absolute atomic E-state index is 13.7. The van der Waals surface area contributed by atoms with Crippen molar-refractivity contribution < 1.29 is 4.39 Å². The predicted octanol–water partition coefficient (Wildman–Crippen LogP) is 2.78. The molecule has 2 aromatic rings. The van der Waals surface area contributed by atoms with E-state index in [9.17, 15) is 4.39 Å². The highest BCUT2D eigenvalue weighted by Crippen LogP contribution is 2.26. The van der Waals surface area contributed by atoms with Crippen molar-refractivity contribution in [2.75, 3.05) is 18.4 Å². The molecule has 2 heterocycles. The maximum atomic E-state index is 13.7. The monoisotopic (exact) mass is 259 g/mol. The van der Waals surface area contributed by atoms with Crippen LogP contribution in [0.15, 0.2) is 30.5 Å². The second-order valence-corrected chi connectivity index (χ2v) is 5.33. The average Bonchev–Trinajstić information content (AvgIpc) is 2.42. The van der Waals surface area contributed by atoms with E-state index in [-0.39, 0.29) is 5.82 Å². The summed E-state index contributed by atoms with van der Waals surface area (Å²) in [4.78, 5) is 4.12. The highest BCUT2D eigenvalue weighted by atomic mass is 19.1. The molecular weight excluding hydrogens is 241 g/mol. The molecule has 3 nitrogen and oxygen atoms in total. The fraction of sp³-hybridized carbons (Fsp3) is 0.400. The summed E-state index contributed by atoms with van der Waals surface area (Å²) in [5, 5.41) is 7.77. The lowest BCUT2D eigenvalue weighted by molar-refractivity contribution is 0.378. The fourth-order valence-electron chi connectivity index (χ4n) is 2.75. The van der Waals surface area contributed by atoms with Gasteiger partial charge in [-0.15, -0.1) is 0 Å². The van der Waals surface area contributed by atoms with Gasteiger partial charge in [-0.2, -0.15) is 0 Å². The molecule has 0 amide bonds. The Balaban J connectivity index is 1.90. The van der Waals surface area contributed by atoms with Crippen LogP contribution in [-0.4, -0.2) is 24.1 Å². The summed E-state index contributed by atoms with van der Waals surface area (Å²) in [6.45, 7) is 4.26. The summed E-state index contributed by atoms with van der Waals surface area (Å²) < 4.78 is 13.7.